The average molecular weight is 565 g/mol. The third kappa shape index (κ3) is 3.86. The smallest absolute Gasteiger partial charge is 0.331 e. The number of Topliss-reactive ketones (excluding diaryl/α,β-unsaturated/α-hetero) is 1. The number of esters is 1. The van der Waals surface area contributed by atoms with E-state index in [0.29, 0.717) is 38.5 Å². The van der Waals surface area contributed by atoms with Gasteiger partial charge in [0.2, 0.25) is 0 Å². The van der Waals surface area contributed by atoms with Crippen LogP contribution in [-0.2, 0) is 28.5 Å². The topological polar surface area (TPSA) is 152 Å². The van der Waals surface area contributed by atoms with Gasteiger partial charge in [0, 0.05) is 24.5 Å². The summed E-state index contributed by atoms with van der Waals surface area (Å²) in [5.41, 5.74) is -1.96. The number of cyclic esters (lactones) is 1. The van der Waals surface area contributed by atoms with Gasteiger partial charge in [-0.05, 0) is 80.6 Å². The van der Waals surface area contributed by atoms with Gasteiger partial charge in [0.1, 0.15) is 31.0 Å². The number of hydrogen-bond donors (Lipinski definition) is 4. The van der Waals surface area contributed by atoms with E-state index in [-0.39, 0.29) is 36.2 Å². The Hall–Kier alpha value is -1.40. The molecule has 0 aromatic heterocycles. The molecule has 4 N–H and O–H groups in total. The second kappa shape index (κ2) is 9.82. The molecule has 10 heteroatoms. The monoisotopic (exact) mass is 564 g/mol. The lowest BCUT2D eigenvalue weighted by Gasteiger charge is -2.64. The highest BCUT2D eigenvalue weighted by Crippen LogP contribution is 2.69. The van der Waals surface area contributed by atoms with Gasteiger partial charge in [-0.15, -0.1) is 0 Å². The molecule has 5 fully saturated rings. The van der Waals surface area contributed by atoms with Crippen LogP contribution in [0, 0.1) is 34.5 Å². The number of ketones is 1. The van der Waals surface area contributed by atoms with Crippen molar-refractivity contribution in [3.63, 3.8) is 0 Å². The Morgan fingerprint density at radius 2 is 1.77 bits per heavy atom. The first-order chi connectivity index (χ1) is 18.9. The lowest BCUT2D eigenvalue weighted by Crippen LogP contribution is -2.70. The highest BCUT2D eigenvalue weighted by molar-refractivity contribution is 5.90. The molecule has 40 heavy (non-hydrogen) atoms. The van der Waals surface area contributed by atoms with Gasteiger partial charge in [-0.2, -0.15) is 0 Å². The molecule has 0 unspecified atom stereocenters. The summed E-state index contributed by atoms with van der Waals surface area (Å²) in [5, 5.41) is 45.1. The molecule has 0 spiro atoms. The van der Waals surface area contributed by atoms with E-state index in [9.17, 15) is 30.0 Å². The number of aliphatic hydroxyl groups excluding tert-OH is 3. The summed E-state index contributed by atoms with van der Waals surface area (Å²) < 4.78 is 22.5. The Labute approximate surface area is 235 Å². The first-order valence-electron chi connectivity index (χ1n) is 14.9. The third-order valence-corrected chi connectivity index (χ3v) is 12.2. The first-order valence-corrected chi connectivity index (χ1v) is 14.9. The Morgan fingerprint density at radius 3 is 2.45 bits per heavy atom. The number of fused-ring (bicyclic) bond motifs is 5. The zero-order valence-corrected chi connectivity index (χ0v) is 23.8. The van der Waals surface area contributed by atoms with Crippen LogP contribution >= 0.6 is 0 Å². The molecular weight excluding hydrogens is 520 g/mol. The zero-order valence-electron chi connectivity index (χ0n) is 23.8. The van der Waals surface area contributed by atoms with Crippen molar-refractivity contribution in [2.75, 3.05) is 13.7 Å². The quantitative estimate of drug-likeness (QED) is 0.290. The van der Waals surface area contributed by atoms with Crippen LogP contribution in [0.2, 0.25) is 0 Å². The van der Waals surface area contributed by atoms with Gasteiger partial charge in [-0.1, -0.05) is 13.8 Å². The van der Waals surface area contributed by atoms with E-state index in [1.165, 1.54) is 13.2 Å². The molecule has 10 nitrogen and oxygen atoms in total. The maximum Gasteiger partial charge on any atom is 0.331 e. The van der Waals surface area contributed by atoms with Crippen molar-refractivity contribution in [2.24, 2.45) is 34.5 Å². The van der Waals surface area contributed by atoms with Gasteiger partial charge in [-0.25, -0.2) is 4.79 Å². The normalized spacial score (nSPS) is 54.3. The lowest BCUT2D eigenvalue weighted by atomic mass is 9.42. The Kier molecular flexibility index (Phi) is 7.05. The predicted octanol–water partition coefficient (Wildman–Crippen LogP) is 1.26. The highest BCUT2D eigenvalue weighted by Gasteiger charge is 2.73. The molecule has 2 heterocycles. The van der Waals surface area contributed by atoms with Gasteiger partial charge in [0.05, 0.1) is 17.8 Å². The molecule has 6 rings (SSSR count). The van der Waals surface area contributed by atoms with Gasteiger partial charge in [0.15, 0.2) is 12.1 Å². The fraction of sp³-hybridized carbons (Fsp3) is 0.867. The molecule has 14 atom stereocenters. The molecule has 0 amide bonds. The first kappa shape index (κ1) is 28.7. The molecule has 4 saturated carbocycles. The number of hydrogen-bond acceptors (Lipinski definition) is 10. The largest absolute Gasteiger partial charge is 0.458 e. The number of aliphatic hydroxyl groups is 4. The van der Waals surface area contributed by atoms with Gasteiger partial charge in [0.25, 0.3) is 0 Å². The molecule has 0 aromatic rings. The van der Waals surface area contributed by atoms with Crippen LogP contribution in [0.4, 0.5) is 0 Å². The van der Waals surface area contributed by atoms with Crippen molar-refractivity contribution in [3.8, 4) is 0 Å². The fourth-order valence-electron chi connectivity index (χ4n) is 9.86. The number of carbonyl (C=O) groups excluding carboxylic acids is 2. The van der Waals surface area contributed by atoms with Crippen molar-refractivity contribution in [1.29, 1.82) is 0 Å². The number of methoxy groups -OCH3 is 1. The van der Waals surface area contributed by atoms with E-state index in [4.69, 9.17) is 18.9 Å². The van der Waals surface area contributed by atoms with Crippen molar-refractivity contribution in [2.45, 2.75) is 114 Å². The van der Waals surface area contributed by atoms with Crippen LogP contribution < -0.4 is 0 Å². The van der Waals surface area contributed by atoms with E-state index in [0.717, 1.165) is 12.0 Å². The number of ether oxygens (including phenoxy) is 4. The SMILES string of the molecule is CO[C@H]1[C@@H](O)[C@H](C)O[C@H](O[C@H]2CC[C@@]3(C)[C@H](CC[C@@H]4[C@@H]3C(=O)[C@@H](O)[C@]3(C)[C@@H](C5=CC(=O)OC5)CC[C@]43O)C2)[C@@H]1O. The molecule has 0 aromatic carbocycles. The van der Waals surface area contributed by atoms with E-state index < -0.39 is 65.1 Å². The van der Waals surface area contributed by atoms with Crippen molar-refractivity contribution in [1.82, 2.24) is 0 Å². The van der Waals surface area contributed by atoms with Crippen molar-refractivity contribution >= 4 is 11.8 Å². The number of carbonyl (C=O) groups is 2. The second-order valence-corrected chi connectivity index (χ2v) is 13.7. The van der Waals surface area contributed by atoms with E-state index in [1.807, 2.05) is 6.92 Å². The molecule has 1 saturated heterocycles. The van der Waals surface area contributed by atoms with Crippen LogP contribution in [0.15, 0.2) is 11.6 Å². The minimum absolute atomic E-state index is 0.138. The maximum atomic E-state index is 14.1. The summed E-state index contributed by atoms with van der Waals surface area (Å²) in [6, 6.07) is 0. The molecule has 6 aliphatic rings. The van der Waals surface area contributed by atoms with Crippen LogP contribution in [0.1, 0.15) is 65.7 Å². The summed E-state index contributed by atoms with van der Waals surface area (Å²) in [5.74, 6) is -1.51. The summed E-state index contributed by atoms with van der Waals surface area (Å²) in [6.07, 6.45) is 0.0981. The van der Waals surface area contributed by atoms with E-state index >= 15 is 0 Å². The van der Waals surface area contributed by atoms with Crippen molar-refractivity contribution < 1.29 is 49.0 Å². The van der Waals surface area contributed by atoms with Gasteiger partial charge >= 0.3 is 5.97 Å². The Bertz CT molecular complexity index is 1080. The fourth-order valence-corrected chi connectivity index (χ4v) is 9.86. The minimum Gasteiger partial charge on any atom is -0.458 e. The summed E-state index contributed by atoms with van der Waals surface area (Å²) in [4.78, 5) is 25.9. The molecule has 2 aliphatic heterocycles. The number of rotatable bonds is 4. The van der Waals surface area contributed by atoms with Crippen LogP contribution in [0.5, 0.6) is 0 Å². The zero-order chi connectivity index (χ0) is 28.8. The van der Waals surface area contributed by atoms with Crippen LogP contribution in [0.25, 0.3) is 0 Å². The average Bonchev–Trinajstić information content (AvgIpc) is 3.47. The molecule has 4 aliphatic carbocycles. The van der Waals surface area contributed by atoms with E-state index in [1.54, 1.807) is 6.92 Å². The minimum atomic E-state index is -1.34. The van der Waals surface area contributed by atoms with Crippen LogP contribution in [0.3, 0.4) is 0 Å². The Morgan fingerprint density at radius 1 is 1.02 bits per heavy atom. The molecular formula is C30H44O10. The lowest BCUT2D eigenvalue weighted by molar-refractivity contribution is -0.313. The summed E-state index contributed by atoms with van der Waals surface area (Å²) in [7, 11) is 1.44. The predicted molar refractivity (Wildman–Crippen MR) is 140 cm³/mol. The third-order valence-electron chi connectivity index (χ3n) is 12.2. The van der Waals surface area contributed by atoms with Crippen molar-refractivity contribution in [3.05, 3.63) is 11.6 Å². The summed E-state index contributed by atoms with van der Waals surface area (Å²) in [6.45, 7) is 5.82. The summed E-state index contributed by atoms with van der Waals surface area (Å²) >= 11 is 0. The molecule has 0 bridgehead atoms. The molecule has 0 radical (unpaired) electrons. The maximum absolute atomic E-state index is 14.1. The second-order valence-electron chi connectivity index (χ2n) is 13.7. The van der Waals surface area contributed by atoms with Gasteiger partial charge in [-0.3, -0.25) is 4.79 Å². The standard InChI is InChI=1S/C30H44O10/c1-14-22(32)25(37-4)24(34)27(39-14)40-17-7-9-28(2)16(12-17)5-6-19-21(28)23(33)26(35)29(3)18(8-10-30(19,29)36)15-11-20(31)38-13-15/h11,14,16-19,21-22,24-27,32,34-36H,5-10,12-13H2,1-4H3/t14-,16+,17-,18+,19+,21+,22-,24+,25-,26+,27+,28-,29-,30-/m0/s1. The van der Waals surface area contributed by atoms with E-state index in [2.05, 4.69) is 6.92 Å². The Balaban J connectivity index is 1.22. The van der Waals surface area contributed by atoms with Gasteiger partial charge < -0.3 is 39.4 Å². The highest BCUT2D eigenvalue weighted by atomic mass is 16.7. The van der Waals surface area contributed by atoms with Crippen LogP contribution in [-0.4, -0.2) is 94.4 Å². The molecule has 224 valence electrons.